The zero-order chi connectivity index (χ0) is 21.7. The van der Waals surface area contributed by atoms with E-state index < -0.39 is 0 Å². The Balaban J connectivity index is 1.54. The lowest BCUT2D eigenvalue weighted by Crippen LogP contribution is -2.38. The van der Waals surface area contributed by atoms with Gasteiger partial charge in [0, 0.05) is 56.8 Å². The summed E-state index contributed by atoms with van der Waals surface area (Å²) in [5.41, 5.74) is 2.84. The highest BCUT2D eigenvalue weighted by molar-refractivity contribution is 7.13. The Kier molecular flexibility index (Phi) is 7.31. The van der Waals surface area contributed by atoms with Crippen molar-refractivity contribution in [1.29, 1.82) is 0 Å². The van der Waals surface area contributed by atoms with Gasteiger partial charge in [0.1, 0.15) is 0 Å². The minimum Gasteiger partial charge on any atom is -0.346 e. The van der Waals surface area contributed by atoms with E-state index in [1.165, 1.54) is 0 Å². The summed E-state index contributed by atoms with van der Waals surface area (Å²) >= 11 is 1.66. The zero-order valence-electron chi connectivity index (χ0n) is 18.2. The second-order valence-electron chi connectivity index (χ2n) is 7.97. The third-order valence-electron chi connectivity index (χ3n) is 5.25. The van der Waals surface area contributed by atoms with Crippen LogP contribution in [0, 0.1) is 6.92 Å². The van der Waals surface area contributed by atoms with Crippen molar-refractivity contribution in [3.8, 4) is 0 Å². The minimum absolute atomic E-state index is 0.0606. The van der Waals surface area contributed by atoms with Gasteiger partial charge in [-0.05, 0) is 44.9 Å². The number of hydrogen-bond acceptors (Lipinski definition) is 5. The molecule has 0 radical (unpaired) electrons. The number of aryl methyl sites for hydroxylation is 1. The Morgan fingerprint density at radius 2 is 1.90 bits per heavy atom. The number of nitrogens with one attached hydrogen (secondary N) is 1. The maximum atomic E-state index is 12.7. The van der Waals surface area contributed by atoms with Gasteiger partial charge in [-0.2, -0.15) is 0 Å². The summed E-state index contributed by atoms with van der Waals surface area (Å²) in [7, 11) is 0. The van der Waals surface area contributed by atoms with Crippen LogP contribution in [0.5, 0.6) is 0 Å². The molecule has 1 saturated heterocycles. The topological polar surface area (TPSA) is 68.8 Å². The SMILES string of the molecule is CC(=O)N(Cc1ccc(NC(=O)N2CCCN(c3nc(C)cs3)CC2)cc1)C(C)C. The summed E-state index contributed by atoms with van der Waals surface area (Å²) in [6, 6.07) is 7.79. The second kappa shape index (κ2) is 9.93. The largest absolute Gasteiger partial charge is 0.346 e. The lowest BCUT2D eigenvalue weighted by molar-refractivity contribution is -0.131. The molecule has 1 aromatic carbocycles. The lowest BCUT2D eigenvalue weighted by Gasteiger charge is -2.25. The van der Waals surface area contributed by atoms with Crippen LogP contribution >= 0.6 is 11.3 Å². The van der Waals surface area contributed by atoms with Crippen LogP contribution in [0.2, 0.25) is 0 Å². The van der Waals surface area contributed by atoms with Gasteiger partial charge in [0.25, 0.3) is 0 Å². The molecule has 0 spiro atoms. The molecule has 1 N–H and O–H groups in total. The van der Waals surface area contributed by atoms with Crippen molar-refractivity contribution in [2.75, 3.05) is 36.4 Å². The van der Waals surface area contributed by atoms with E-state index in [0.29, 0.717) is 13.1 Å². The van der Waals surface area contributed by atoms with E-state index in [9.17, 15) is 9.59 Å². The van der Waals surface area contributed by atoms with Crippen LogP contribution in [0.3, 0.4) is 0 Å². The van der Waals surface area contributed by atoms with Crippen LogP contribution < -0.4 is 10.2 Å². The van der Waals surface area contributed by atoms with Gasteiger partial charge in [-0.15, -0.1) is 11.3 Å². The first-order valence-corrected chi connectivity index (χ1v) is 11.3. The van der Waals surface area contributed by atoms with Gasteiger partial charge in [-0.3, -0.25) is 4.79 Å². The van der Waals surface area contributed by atoms with E-state index in [1.807, 2.05) is 54.8 Å². The van der Waals surface area contributed by atoms with Gasteiger partial charge in [0.2, 0.25) is 5.91 Å². The Labute approximate surface area is 182 Å². The first-order chi connectivity index (χ1) is 14.3. The van der Waals surface area contributed by atoms with Crippen molar-refractivity contribution >= 4 is 34.1 Å². The van der Waals surface area contributed by atoms with E-state index in [4.69, 9.17) is 0 Å². The monoisotopic (exact) mass is 429 g/mol. The second-order valence-corrected chi connectivity index (χ2v) is 8.80. The number of anilines is 2. The standard InChI is InChI=1S/C22H31N5O2S/c1-16(2)27(18(4)28)14-19-6-8-20(9-7-19)24-21(29)25-10-5-11-26(13-12-25)22-23-17(3)15-30-22/h6-9,15-16H,5,10-14H2,1-4H3,(H,24,29). The van der Waals surface area contributed by atoms with Crippen molar-refractivity contribution in [2.24, 2.45) is 0 Å². The molecule has 1 aliphatic heterocycles. The van der Waals surface area contributed by atoms with Gasteiger partial charge >= 0.3 is 6.03 Å². The Morgan fingerprint density at radius 3 is 2.50 bits per heavy atom. The summed E-state index contributed by atoms with van der Waals surface area (Å²) in [6.45, 7) is 11.3. The number of amides is 3. The van der Waals surface area contributed by atoms with E-state index in [2.05, 4.69) is 20.6 Å². The molecule has 3 amide bonds. The number of nitrogens with zero attached hydrogens (tertiary/aromatic N) is 4. The molecule has 0 atom stereocenters. The predicted octanol–water partition coefficient (Wildman–Crippen LogP) is 3.95. The summed E-state index contributed by atoms with van der Waals surface area (Å²) in [5, 5.41) is 6.09. The summed E-state index contributed by atoms with van der Waals surface area (Å²) in [5.74, 6) is 0.0606. The Hall–Kier alpha value is -2.61. The molecule has 7 nitrogen and oxygen atoms in total. The molecule has 0 unspecified atom stereocenters. The van der Waals surface area contributed by atoms with Gasteiger partial charge < -0.3 is 20.0 Å². The molecule has 0 bridgehead atoms. The highest BCUT2D eigenvalue weighted by atomic mass is 32.1. The molecule has 0 aliphatic carbocycles. The molecule has 8 heteroatoms. The predicted molar refractivity (Wildman–Crippen MR) is 122 cm³/mol. The zero-order valence-corrected chi connectivity index (χ0v) is 19.0. The van der Waals surface area contributed by atoms with Crippen molar-refractivity contribution in [1.82, 2.24) is 14.8 Å². The van der Waals surface area contributed by atoms with Gasteiger partial charge in [0.15, 0.2) is 5.13 Å². The number of rotatable bonds is 5. The lowest BCUT2D eigenvalue weighted by atomic mass is 10.1. The summed E-state index contributed by atoms with van der Waals surface area (Å²) in [6.07, 6.45) is 0.918. The number of thiazole rings is 1. The van der Waals surface area contributed by atoms with Crippen LogP contribution in [-0.4, -0.2) is 58.9 Å². The Morgan fingerprint density at radius 1 is 1.17 bits per heavy atom. The van der Waals surface area contributed by atoms with Gasteiger partial charge in [-0.1, -0.05) is 12.1 Å². The molecule has 2 heterocycles. The number of aromatic nitrogens is 1. The van der Waals surface area contributed by atoms with Crippen LogP contribution in [0.15, 0.2) is 29.6 Å². The quantitative estimate of drug-likeness (QED) is 0.781. The summed E-state index contributed by atoms with van der Waals surface area (Å²) < 4.78 is 0. The molecule has 3 rings (SSSR count). The number of urea groups is 1. The van der Waals surface area contributed by atoms with Crippen LogP contribution in [0.25, 0.3) is 0 Å². The van der Waals surface area contributed by atoms with E-state index in [1.54, 1.807) is 18.3 Å². The fourth-order valence-corrected chi connectivity index (χ4v) is 4.41. The highest BCUT2D eigenvalue weighted by Gasteiger charge is 2.21. The molecule has 2 aromatic rings. The van der Waals surface area contributed by atoms with Gasteiger partial charge in [0.05, 0.1) is 5.69 Å². The molecule has 162 valence electrons. The van der Waals surface area contributed by atoms with Crippen molar-refractivity contribution in [3.63, 3.8) is 0 Å². The average molecular weight is 430 g/mol. The van der Waals surface area contributed by atoms with Crippen LogP contribution in [0.4, 0.5) is 15.6 Å². The first kappa shape index (κ1) is 22.1. The molecule has 1 fully saturated rings. The molecule has 1 aliphatic rings. The third-order valence-corrected chi connectivity index (χ3v) is 6.27. The smallest absolute Gasteiger partial charge is 0.321 e. The van der Waals surface area contributed by atoms with Gasteiger partial charge in [-0.25, -0.2) is 9.78 Å². The third kappa shape index (κ3) is 5.72. The number of carbonyl (C=O) groups is 2. The van der Waals surface area contributed by atoms with Crippen LogP contribution in [0.1, 0.15) is 38.4 Å². The number of hydrogen-bond donors (Lipinski definition) is 1. The first-order valence-electron chi connectivity index (χ1n) is 10.4. The molecule has 1 aromatic heterocycles. The maximum absolute atomic E-state index is 12.7. The fraction of sp³-hybridized carbons (Fsp3) is 0.500. The molecule has 30 heavy (non-hydrogen) atoms. The highest BCUT2D eigenvalue weighted by Crippen LogP contribution is 2.22. The number of benzene rings is 1. The normalized spacial score (nSPS) is 14.6. The van der Waals surface area contributed by atoms with E-state index >= 15 is 0 Å². The van der Waals surface area contributed by atoms with E-state index in [-0.39, 0.29) is 18.0 Å². The van der Waals surface area contributed by atoms with Crippen LogP contribution in [-0.2, 0) is 11.3 Å². The van der Waals surface area contributed by atoms with E-state index in [0.717, 1.165) is 48.1 Å². The molecular weight excluding hydrogens is 398 g/mol. The summed E-state index contributed by atoms with van der Waals surface area (Å²) in [4.78, 5) is 35.0. The average Bonchev–Trinajstić information content (AvgIpc) is 2.98. The minimum atomic E-state index is -0.0764. The maximum Gasteiger partial charge on any atom is 0.321 e. The number of carbonyl (C=O) groups excluding carboxylic acids is 2. The van der Waals surface area contributed by atoms with Crippen molar-refractivity contribution < 1.29 is 9.59 Å². The molecule has 0 saturated carbocycles. The van der Waals surface area contributed by atoms with Crippen molar-refractivity contribution in [2.45, 2.75) is 46.7 Å². The fourth-order valence-electron chi connectivity index (χ4n) is 3.55. The van der Waals surface area contributed by atoms with Crippen molar-refractivity contribution in [3.05, 3.63) is 40.9 Å². The molecular formula is C22H31N5O2S. The Bertz CT molecular complexity index is 865.